The first-order valence-corrected chi connectivity index (χ1v) is 13.1. The third-order valence-electron chi connectivity index (χ3n) is 6.80. The van der Waals surface area contributed by atoms with Crippen LogP contribution in [0.5, 0.6) is 0 Å². The van der Waals surface area contributed by atoms with Crippen LogP contribution >= 0.6 is 0 Å². The van der Waals surface area contributed by atoms with Crippen molar-refractivity contribution in [1.82, 2.24) is 30.1 Å². The van der Waals surface area contributed by atoms with E-state index in [4.69, 9.17) is 4.98 Å². The zero-order valence-corrected chi connectivity index (χ0v) is 19.8. The fourth-order valence-corrected chi connectivity index (χ4v) is 5.69. The Morgan fingerprint density at radius 2 is 1.78 bits per heavy atom. The van der Waals surface area contributed by atoms with Gasteiger partial charge in [-0.05, 0) is 48.9 Å². The first-order chi connectivity index (χ1) is 17.2. The van der Waals surface area contributed by atoms with Gasteiger partial charge in [-0.3, -0.25) is 9.71 Å². The number of nitrogens with zero attached hydrogens (tertiary/aromatic N) is 6. The Balaban J connectivity index is 1.37. The Morgan fingerprint density at radius 1 is 1.03 bits per heavy atom. The number of sulfonamides is 1. The first-order valence-electron chi connectivity index (χ1n) is 11.2. The second-order valence-electron chi connectivity index (χ2n) is 9.11. The third-order valence-corrected chi connectivity index (χ3v) is 7.35. The highest BCUT2D eigenvalue weighted by Gasteiger charge is 2.53. The lowest BCUT2D eigenvalue weighted by Crippen LogP contribution is -2.26. The van der Waals surface area contributed by atoms with Crippen LogP contribution in [0.15, 0.2) is 49.1 Å². The van der Waals surface area contributed by atoms with Crippen LogP contribution in [0.25, 0.3) is 22.5 Å². The molecule has 0 radical (unpaired) electrons. The average Bonchev–Trinajstić information content (AvgIpc) is 3.43. The van der Waals surface area contributed by atoms with E-state index in [2.05, 4.69) is 29.9 Å². The number of rotatable bonds is 5. The normalized spacial score (nSPS) is 20.4. The van der Waals surface area contributed by atoms with Crippen molar-refractivity contribution in [2.24, 2.45) is 0 Å². The molecule has 3 aromatic heterocycles. The van der Waals surface area contributed by atoms with Gasteiger partial charge in [-0.1, -0.05) is 6.07 Å². The molecule has 2 bridgehead atoms. The van der Waals surface area contributed by atoms with Crippen LogP contribution in [0.1, 0.15) is 42.1 Å². The highest BCUT2D eigenvalue weighted by molar-refractivity contribution is 7.91. The Bertz CT molecular complexity index is 1600. The maximum atomic E-state index is 14.4. The molecular formula is C24H19F2N7O2S. The van der Waals surface area contributed by atoms with Gasteiger partial charge in [-0.2, -0.15) is 5.10 Å². The second-order valence-corrected chi connectivity index (χ2v) is 10.9. The van der Waals surface area contributed by atoms with Crippen LogP contribution in [0, 0.1) is 11.6 Å². The van der Waals surface area contributed by atoms with Gasteiger partial charge >= 0.3 is 0 Å². The number of hydrogen-bond acceptors (Lipinski definition) is 8. The van der Waals surface area contributed by atoms with Crippen molar-refractivity contribution in [1.29, 1.82) is 0 Å². The Morgan fingerprint density at radius 3 is 2.50 bits per heavy atom. The molecule has 0 amide bonds. The van der Waals surface area contributed by atoms with Gasteiger partial charge in [-0.25, -0.2) is 32.2 Å². The maximum absolute atomic E-state index is 14.4. The number of benzene rings is 1. The standard InChI is InChI=1S/C24H19F2N7O2S/c1-36(34,35)33-23-28-9-14(10-29-23)19-11-27-12-20(30-19)24-6-5-13(8-24)15-7-18(31-32-22(15)24)21-16(25)3-2-4-17(21)26/h2-4,7,9-13H,5-6,8H2,1H3,(H,28,29,33)/t13-,24+/m1/s1. The van der Waals surface area contributed by atoms with E-state index in [-0.39, 0.29) is 23.1 Å². The van der Waals surface area contributed by atoms with Crippen LogP contribution in [0.4, 0.5) is 14.7 Å². The summed E-state index contributed by atoms with van der Waals surface area (Å²) in [5, 5.41) is 8.65. The van der Waals surface area contributed by atoms with E-state index >= 15 is 0 Å². The van der Waals surface area contributed by atoms with Gasteiger partial charge in [0.1, 0.15) is 11.6 Å². The van der Waals surface area contributed by atoms with Crippen LogP contribution in [0.2, 0.25) is 0 Å². The van der Waals surface area contributed by atoms with Crippen molar-refractivity contribution in [3.63, 3.8) is 0 Å². The molecule has 1 saturated carbocycles. The van der Waals surface area contributed by atoms with Gasteiger partial charge in [-0.15, -0.1) is 5.10 Å². The molecule has 0 saturated heterocycles. The van der Waals surface area contributed by atoms with Crippen molar-refractivity contribution >= 4 is 16.0 Å². The summed E-state index contributed by atoms with van der Waals surface area (Å²) >= 11 is 0. The molecule has 0 spiro atoms. The summed E-state index contributed by atoms with van der Waals surface area (Å²) in [4.78, 5) is 17.3. The van der Waals surface area contributed by atoms with Gasteiger partial charge in [0.15, 0.2) is 0 Å². The van der Waals surface area contributed by atoms with E-state index in [1.54, 1.807) is 18.5 Å². The van der Waals surface area contributed by atoms with Crippen LogP contribution in [0.3, 0.4) is 0 Å². The molecule has 2 atom stereocenters. The number of hydrogen-bond donors (Lipinski definition) is 1. The summed E-state index contributed by atoms with van der Waals surface area (Å²) in [6.07, 6.45) is 9.70. The first kappa shape index (κ1) is 22.5. The molecule has 4 aromatic rings. The summed E-state index contributed by atoms with van der Waals surface area (Å²) < 4.78 is 53.7. The number of fused-ring (bicyclic) bond motifs is 5. The van der Waals surface area contributed by atoms with E-state index in [0.29, 0.717) is 11.3 Å². The molecule has 2 aliphatic carbocycles. The van der Waals surface area contributed by atoms with E-state index in [9.17, 15) is 17.2 Å². The smallest absolute Gasteiger partial charge is 0.236 e. The molecule has 9 nitrogen and oxygen atoms in total. The van der Waals surface area contributed by atoms with Gasteiger partial charge in [0, 0.05) is 24.2 Å². The third kappa shape index (κ3) is 3.68. The van der Waals surface area contributed by atoms with Crippen molar-refractivity contribution in [3.8, 4) is 22.5 Å². The van der Waals surface area contributed by atoms with Crippen molar-refractivity contribution in [3.05, 3.63) is 77.6 Å². The lowest BCUT2D eigenvalue weighted by Gasteiger charge is -2.27. The summed E-state index contributed by atoms with van der Waals surface area (Å²) in [7, 11) is -3.49. The zero-order chi connectivity index (χ0) is 25.1. The van der Waals surface area contributed by atoms with Crippen LogP contribution < -0.4 is 4.72 Å². The van der Waals surface area contributed by atoms with Crippen molar-refractivity contribution in [2.75, 3.05) is 11.0 Å². The van der Waals surface area contributed by atoms with Crippen LogP contribution in [-0.4, -0.2) is 44.8 Å². The molecule has 0 unspecified atom stereocenters. The van der Waals surface area contributed by atoms with E-state index < -0.39 is 27.1 Å². The van der Waals surface area contributed by atoms with E-state index in [1.165, 1.54) is 30.6 Å². The predicted octanol–water partition coefficient (Wildman–Crippen LogP) is 3.61. The van der Waals surface area contributed by atoms with Gasteiger partial charge in [0.05, 0.1) is 46.2 Å². The molecule has 2 aliphatic rings. The molecule has 36 heavy (non-hydrogen) atoms. The molecular weight excluding hydrogens is 488 g/mol. The van der Waals surface area contributed by atoms with Crippen molar-refractivity contribution in [2.45, 2.75) is 30.6 Å². The van der Waals surface area contributed by atoms with Crippen molar-refractivity contribution < 1.29 is 17.2 Å². The largest absolute Gasteiger partial charge is 0.261 e. The monoisotopic (exact) mass is 507 g/mol. The lowest BCUT2D eigenvalue weighted by atomic mass is 9.80. The van der Waals surface area contributed by atoms with Gasteiger partial charge < -0.3 is 0 Å². The van der Waals surface area contributed by atoms with E-state index in [1.807, 2.05) is 0 Å². The molecule has 0 aliphatic heterocycles. The molecule has 3 heterocycles. The Labute approximate surface area is 205 Å². The molecule has 12 heteroatoms. The van der Waals surface area contributed by atoms with Gasteiger partial charge in [0.2, 0.25) is 16.0 Å². The number of anilines is 1. The number of halogens is 2. The minimum atomic E-state index is -3.49. The Hall–Kier alpha value is -3.93. The number of nitrogens with one attached hydrogen (secondary N) is 1. The summed E-state index contributed by atoms with van der Waals surface area (Å²) in [5.41, 5.74) is 3.01. The topological polar surface area (TPSA) is 124 Å². The summed E-state index contributed by atoms with van der Waals surface area (Å²) in [5.74, 6) is -1.22. The van der Waals surface area contributed by atoms with E-state index in [0.717, 1.165) is 42.5 Å². The molecule has 6 rings (SSSR count). The number of aromatic nitrogens is 6. The highest BCUT2D eigenvalue weighted by atomic mass is 32.2. The fourth-order valence-electron chi connectivity index (χ4n) is 5.25. The molecule has 1 fully saturated rings. The average molecular weight is 508 g/mol. The predicted molar refractivity (Wildman–Crippen MR) is 126 cm³/mol. The minimum Gasteiger partial charge on any atom is -0.261 e. The fraction of sp³-hybridized carbons (Fsp3) is 0.250. The zero-order valence-electron chi connectivity index (χ0n) is 19.0. The minimum absolute atomic E-state index is 0.0373. The molecule has 1 aromatic carbocycles. The molecule has 1 N–H and O–H groups in total. The Kier molecular flexibility index (Phi) is 5.04. The quantitative estimate of drug-likeness (QED) is 0.435. The molecule has 182 valence electrons. The lowest BCUT2D eigenvalue weighted by molar-refractivity contribution is 0.508. The summed E-state index contributed by atoms with van der Waals surface area (Å²) in [6.45, 7) is 0. The SMILES string of the molecule is CS(=O)(=O)Nc1ncc(-c2cncc([C@]34CC[C@H](C3)c3cc(-c5c(F)cccc5F)nnc34)n2)cn1. The van der Waals surface area contributed by atoms with Crippen LogP contribution in [-0.2, 0) is 15.4 Å². The highest BCUT2D eigenvalue weighted by Crippen LogP contribution is 2.59. The second kappa shape index (κ2) is 8.05. The van der Waals surface area contributed by atoms with Gasteiger partial charge in [0.25, 0.3) is 0 Å². The maximum Gasteiger partial charge on any atom is 0.236 e. The summed E-state index contributed by atoms with van der Waals surface area (Å²) in [6, 6.07) is 5.47.